The van der Waals surface area contributed by atoms with E-state index in [9.17, 15) is 9.59 Å². The minimum atomic E-state index is -0.115. The minimum absolute atomic E-state index is 0.0301. The summed E-state index contributed by atoms with van der Waals surface area (Å²) in [4.78, 5) is 25.0. The summed E-state index contributed by atoms with van der Waals surface area (Å²) in [6.45, 7) is 7.15. The van der Waals surface area contributed by atoms with Crippen molar-refractivity contribution >= 4 is 11.8 Å². The number of hydrogen-bond acceptors (Lipinski definition) is 4. The van der Waals surface area contributed by atoms with E-state index in [1.54, 1.807) is 4.90 Å². The van der Waals surface area contributed by atoms with E-state index in [1.165, 1.54) is 0 Å². The number of carbonyl (C=O) groups excluding carboxylic acids is 2. The Bertz CT molecular complexity index is 278. The fourth-order valence-electron chi connectivity index (χ4n) is 1.88. The van der Waals surface area contributed by atoms with Crippen molar-refractivity contribution in [2.75, 3.05) is 39.3 Å². The summed E-state index contributed by atoms with van der Waals surface area (Å²) in [6.07, 6.45) is 0.259. The average Bonchev–Trinajstić information content (AvgIpc) is 2.37. The lowest BCUT2D eigenvalue weighted by atomic mass is 10.2. The van der Waals surface area contributed by atoms with Crippen LogP contribution in [0.2, 0.25) is 0 Å². The maximum absolute atomic E-state index is 12.0. The predicted octanol–water partition coefficient (Wildman–Crippen LogP) is -0.650. The third-order valence-corrected chi connectivity index (χ3v) is 2.85. The molecule has 0 bridgehead atoms. The number of likely N-dealkylation sites (N-methyl/N-ethyl adjacent to an activating group) is 2. The molecule has 1 unspecified atom stereocenters. The van der Waals surface area contributed by atoms with Crippen LogP contribution in [0.15, 0.2) is 0 Å². The van der Waals surface area contributed by atoms with Crippen molar-refractivity contribution in [1.82, 2.24) is 15.5 Å². The van der Waals surface area contributed by atoms with Gasteiger partial charge in [0, 0.05) is 26.2 Å². The Kier molecular flexibility index (Phi) is 6.67. The van der Waals surface area contributed by atoms with Crippen LogP contribution in [-0.2, 0) is 14.3 Å². The summed E-state index contributed by atoms with van der Waals surface area (Å²) in [7, 11) is 0. The molecule has 1 fully saturated rings. The molecule has 0 radical (unpaired) electrons. The van der Waals surface area contributed by atoms with Crippen LogP contribution in [0.25, 0.3) is 0 Å². The average molecular weight is 257 g/mol. The van der Waals surface area contributed by atoms with Gasteiger partial charge in [-0.15, -0.1) is 0 Å². The van der Waals surface area contributed by atoms with Gasteiger partial charge in [-0.05, 0) is 13.8 Å². The van der Waals surface area contributed by atoms with Crippen LogP contribution >= 0.6 is 0 Å². The van der Waals surface area contributed by atoms with Crippen LogP contribution in [-0.4, -0.2) is 62.1 Å². The molecule has 0 aliphatic carbocycles. The molecule has 6 heteroatoms. The van der Waals surface area contributed by atoms with Gasteiger partial charge in [0.15, 0.2) is 0 Å². The molecule has 0 aromatic heterocycles. The van der Waals surface area contributed by atoms with Gasteiger partial charge in [-0.3, -0.25) is 9.59 Å². The molecule has 104 valence electrons. The van der Waals surface area contributed by atoms with E-state index in [0.717, 1.165) is 6.54 Å². The van der Waals surface area contributed by atoms with E-state index in [0.29, 0.717) is 32.7 Å². The van der Waals surface area contributed by atoms with Gasteiger partial charge in [-0.1, -0.05) is 0 Å². The SMILES string of the molecule is CCNC(=O)CN(CC)C(=O)CC1CNCCO1. The van der Waals surface area contributed by atoms with E-state index in [4.69, 9.17) is 4.74 Å². The first-order valence-electron chi connectivity index (χ1n) is 6.54. The van der Waals surface area contributed by atoms with Crippen LogP contribution < -0.4 is 10.6 Å². The highest BCUT2D eigenvalue weighted by molar-refractivity contribution is 5.84. The van der Waals surface area contributed by atoms with E-state index in [-0.39, 0.29) is 24.5 Å². The van der Waals surface area contributed by atoms with Crippen LogP contribution in [0.4, 0.5) is 0 Å². The van der Waals surface area contributed by atoms with E-state index in [1.807, 2.05) is 13.8 Å². The number of amides is 2. The zero-order valence-electron chi connectivity index (χ0n) is 11.2. The number of carbonyl (C=O) groups is 2. The predicted molar refractivity (Wildman–Crippen MR) is 68.2 cm³/mol. The number of nitrogens with zero attached hydrogens (tertiary/aromatic N) is 1. The van der Waals surface area contributed by atoms with Gasteiger partial charge in [-0.2, -0.15) is 0 Å². The molecule has 0 saturated carbocycles. The Morgan fingerprint density at radius 1 is 1.44 bits per heavy atom. The molecule has 1 atom stereocenters. The second-order valence-corrected chi connectivity index (χ2v) is 4.26. The summed E-state index contributed by atoms with van der Waals surface area (Å²) in [6, 6.07) is 0. The van der Waals surface area contributed by atoms with Crippen LogP contribution in [0.5, 0.6) is 0 Å². The number of ether oxygens (including phenoxy) is 1. The summed E-state index contributed by atoms with van der Waals surface area (Å²) in [5, 5.41) is 5.88. The zero-order chi connectivity index (χ0) is 13.4. The molecule has 2 N–H and O–H groups in total. The maximum atomic E-state index is 12.0. The molecule has 0 aromatic carbocycles. The lowest BCUT2D eigenvalue weighted by molar-refractivity contribution is -0.138. The third kappa shape index (κ3) is 5.01. The van der Waals surface area contributed by atoms with E-state index < -0.39 is 0 Å². The number of rotatable bonds is 6. The fourth-order valence-corrected chi connectivity index (χ4v) is 1.88. The second kappa shape index (κ2) is 8.05. The van der Waals surface area contributed by atoms with Gasteiger partial charge >= 0.3 is 0 Å². The van der Waals surface area contributed by atoms with Gasteiger partial charge < -0.3 is 20.3 Å². The standard InChI is InChI=1S/C12H23N3O3/c1-3-14-11(16)9-15(4-2)12(17)7-10-8-13-5-6-18-10/h10,13H,3-9H2,1-2H3,(H,14,16). The Balaban J connectivity index is 2.38. The lowest BCUT2D eigenvalue weighted by Crippen LogP contribution is -2.45. The summed E-state index contributed by atoms with van der Waals surface area (Å²) in [5.41, 5.74) is 0. The van der Waals surface area contributed by atoms with Gasteiger partial charge in [-0.25, -0.2) is 0 Å². The van der Waals surface area contributed by atoms with Crippen LogP contribution in [0, 0.1) is 0 Å². The van der Waals surface area contributed by atoms with Crippen molar-refractivity contribution < 1.29 is 14.3 Å². The first-order chi connectivity index (χ1) is 8.67. The smallest absolute Gasteiger partial charge is 0.239 e. The lowest BCUT2D eigenvalue weighted by Gasteiger charge is -2.26. The normalized spacial score (nSPS) is 19.3. The van der Waals surface area contributed by atoms with Crippen molar-refractivity contribution in [3.05, 3.63) is 0 Å². The number of nitrogens with one attached hydrogen (secondary N) is 2. The molecular weight excluding hydrogens is 234 g/mol. The van der Waals surface area contributed by atoms with Crippen LogP contribution in [0.1, 0.15) is 20.3 Å². The highest BCUT2D eigenvalue weighted by atomic mass is 16.5. The molecule has 0 spiro atoms. The Morgan fingerprint density at radius 3 is 2.78 bits per heavy atom. The molecule has 1 aliphatic heterocycles. The van der Waals surface area contributed by atoms with Crippen molar-refractivity contribution in [1.29, 1.82) is 0 Å². The monoisotopic (exact) mass is 257 g/mol. The van der Waals surface area contributed by atoms with Crippen molar-refractivity contribution in [2.24, 2.45) is 0 Å². The Labute approximate surface area is 108 Å². The highest BCUT2D eigenvalue weighted by Crippen LogP contribution is 2.05. The maximum Gasteiger partial charge on any atom is 0.239 e. The molecule has 1 aliphatic rings. The molecule has 2 amide bonds. The molecule has 0 aromatic rings. The van der Waals surface area contributed by atoms with Crippen molar-refractivity contribution in [2.45, 2.75) is 26.4 Å². The molecule has 18 heavy (non-hydrogen) atoms. The van der Waals surface area contributed by atoms with E-state index >= 15 is 0 Å². The molecule has 1 saturated heterocycles. The number of morpholine rings is 1. The number of hydrogen-bond donors (Lipinski definition) is 2. The molecular formula is C12H23N3O3. The topological polar surface area (TPSA) is 70.7 Å². The summed E-state index contributed by atoms with van der Waals surface area (Å²) < 4.78 is 5.49. The van der Waals surface area contributed by atoms with Crippen LogP contribution in [0.3, 0.4) is 0 Å². The molecule has 1 rings (SSSR count). The first-order valence-corrected chi connectivity index (χ1v) is 6.54. The Hall–Kier alpha value is -1.14. The Morgan fingerprint density at radius 2 is 2.22 bits per heavy atom. The largest absolute Gasteiger partial charge is 0.375 e. The minimum Gasteiger partial charge on any atom is -0.375 e. The van der Waals surface area contributed by atoms with Gasteiger partial charge in [0.1, 0.15) is 0 Å². The summed E-state index contributed by atoms with van der Waals surface area (Å²) >= 11 is 0. The van der Waals surface area contributed by atoms with Gasteiger partial charge in [0.05, 0.1) is 25.7 Å². The first kappa shape index (κ1) is 14.9. The van der Waals surface area contributed by atoms with E-state index in [2.05, 4.69) is 10.6 Å². The third-order valence-electron chi connectivity index (χ3n) is 2.85. The second-order valence-electron chi connectivity index (χ2n) is 4.26. The highest BCUT2D eigenvalue weighted by Gasteiger charge is 2.21. The molecule has 1 heterocycles. The fraction of sp³-hybridized carbons (Fsp3) is 0.833. The zero-order valence-corrected chi connectivity index (χ0v) is 11.2. The summed E-state index contributed by atoms with van der Waals surface area (Å²) in [5.74, 6) is -0.146. The van der Waals surface area contributed by atoms with Crippen molar-refractivity contribution in [3.63, 3.8) is 0 Å². The van der Waals surface area contributed by atoms with Crippen molar-refractivity contribution in [3.8, 4) is 0 Å². The van der Waals surface area contributed by atoms with Gasteiger partial charge in [0.2, 0.25) is 11.8 Å². The quantitative estimate of drug-likeness (QED) is 0.663. The van der Waals surface area contributed by atoms with Gasteiger partial charge in [0.25, 0.3) is 0 Å². The molecule has 6 nitrogen and oxygen atoms in total.